The van der Waals surface area contributed by atoms with Crippen LogP contribution in [-0.2, 0) is 16.1 Å². The molecule has 3 aliphatic rings. The van der Waals surface area contributed by atoms with E-state index in [0.717, 1.165) is 64.3 Å². The summed E-state index contributed by atoms with van der Waals surface area (Å²) in [5.41, 5.74) is 1.25. The summed E-state index contributed by atoms with van der Waals surface area (Å²) >= 11 is 0. The van der Waals surface area contributed by atoms with Gasteiger partial charge in [0.1, 0.15) is 5.75 Å². The van der Waals surface area contributed by atoms with Crippen molar-refractivity contribution < 1.29 is 14.3 Å². The second-order valence-electron chi connectivity index (χ2n) is 7.54. The molecule has 4 rings (SSSR count). The maximum absolute atomic E-state index is 13.1. The summed E-state index contributed by atoms with van der Waals surface area (Å²) in [5.74, 6) is 1.74. The van der Waals surface area contributed by atoms with Gasteiger partial charge in [0.15, 0.2) is 0 Å². The topological polar surface area (TPSA) is 42.0 Å². The molecular formula is C20H28N2O3. The van der Waals surface area contributed by atoms with E-state index in [1.165, 1.54) is 5.56 Å². The second-order valence-corrected chi connectivity index (χ2v) is 7.54. The van der Waals surface area contributed by atoms with Crippen LogP contribution < -0.4 is 4.74 Å². The van der Waals surface area contributed by atoms with Crippen LogP contribution in [0.15, 0.2) is 24.3 Å². The molecule has 0 saturated carbocycles. The zero-order valence-electron chi connectivity index (χ0n) is 15.0. The van der Waals surface area contributed by atoms with Crippen molar-refractivity contribution in [1.29, 1.82) is 0 Å². The molecule has 3 heterocycles. The summed E-state index contributed by atoms with van der Waals surface area (Å²) in [7, 11) is 1.69. The highest BCUT2D eigenvalue weighted by molar-refractivity contribution is 5.80. The highest BCUT2D eigenvalue weighted by Crippen LogP contribution is 2.36. The molecule has 3 fully saturated rings. The lowest BCUT2D eigenvalue weighted by Crippen LogP contribution is -2.52. The molecule has 3 atom stereocenters. The average Bonchev–Trinajstić information content (AvgIpc) is 3.33. The van der Waals surface area contributed by atoms with Gasteiger partial charge < -0.3 is 14.4 Å². The predicted octanol–water partition coefficient (Wildman–Crippen LogP) is 2.15. The minimum absolute atomic E-state index is 0.0950. The number of benzene rings is 1. The Labute approximate surface area is 149 Å². The SMILES string of the molecule is COc1ccc(CN2C[C@H]3OCC[C@H]3[C@H](C(=O)N3CCCC3)C2)cc1. The molecule has 0 aliphatic carbocycles. The molecule has 1 amide bonds. The number of hydrogen-bond donors (Lipinski definition) is 0. The molecule has 1 aromatic carbocycles. The van der Waals surface area contributed by atoms with Gasteiger partial charge in [-0.1, -0.05) is 12.1 Å². The van der Waals surface area contributed by atoms with Crippen molar-refractivity contribution in [3.63, 3.8) is 0 Å². The summed E-state index contributed by atoms with van der Waals surface area (Å²) in [5, 5.41) is 0. The van der Waals surface area contributed by atoms with Crippen molar-refractivity contribution in [2.75, 3.05) is 39.9 Å². The molecule has 0 radical (unpaired) electrons. The number of fused-ring (bicyclic) bond motifs is 1. The number of piperidine rings is 1. The van der Waals surface area contributed by atoms with Crippen LogP contribution in [0.5, 0.6) is 5.75 Å². The number of carbonyl (C=O) groups is 1. The van der Waals surface area contributed by atoms with Gasteiger partial charge in [-0.05, 0) is 37.0 Å². The zero-order chi connectivity index (χ0) is 17.2. The summed E-state index contributed by atoms with van der Waals surface area (Å²) in [6.07, 6.45) is 3.55. The van der Waals surface area contributed by atoms with Gasteiger partial charge in [0.2, 0.25) is 5.91 Å². The number of carbonyl (C=O) groups excluding carboxylic acids is 1. The lowest BCUT2D eigenvalue weighted by Gasteiger charge is -2.40. The van der Waals surface area contributed by atoms with Gasteiger partial charge in [0, 0.05) is 45.2 Å². The van der Waals surface area contributed by atoms with E-state index in [9.17, 15) is 4.79 Å². The highest BCUT2D eigenvalue weighted by atomic mass is 16.5. The predicted molar refractivity (Wildman–Crippen MR) is 95.4 cm³/mol. The van der Waals surface area contributed by atoms with Gasteiger partial charge in [0.25, 0.3) is 0 Å². The van der Waals surface area contributed by atoms with Crippen molar-refractivity contribution in [2.45, 2.75) is 31.9 Å². The maximum atomic E-state index is 13.1. The smallest absolute Gasteiger partial charge is 0.227 e. The van der Waals surface area contributed by atoms with E-state index < -0.39 is 0 Å². The number of likely N-dealkylation sites (tertiary alicyclic amines) is 2. The first-order chi connectivity index (χ1) is 12.2. The van der Waals surface area contributed by atoms with Gasteiger partial charge in [-0.15, -0.1) is 0 Å². The van der Waals surface area contributed by atoms with Crippen LogP contribution in [0.2, 0.25) is 0 Å². The lowest BCUT2D eigenvalue weighted by atomic mass is 9.81. The van der Waals surface area contributed by atoms with Crippen molar-refractivity contribution in [2.24, 2.45) is 11.8 Å². The van der Waals surface area contributed by atoms with Crippen LogP contribution in [0.4, 0.5) is 0 Å². The largest absolute Gasteiger partial charge is 0.497 e. The van der Waals surface area contributed by atoms with Gasteiger partial charge in [-0.3, -0.25) is 9.69 Å². The minimum Gasteiger partial charge on any atom is -0.497 e. The Morgan fingerprint density at radius 3 is 2.68 bits per heavy atom. The average molecular weight is 344 g/mol. The second kappa shape index (κ2) is 7.34. The highest BCUT2D eigenvalue weighted by Gasteiger charge is 2.45. The van der Waals surface area contributed by atoms with E-state index in [1.807, 2.05) is 12.1 Å². The third-order valence-corrected chi connectivity index (χ3v) is 5.97. The van der Waals surface area contributed by atoms with Gasteiger partial charge >= 0.3 is 0 Å². The first kappa shape index (κ1) is 16.9. The van der Waals surface area contributed by atoms with E-state index in [0.29, 0.717) is 11.8 Å². The van der Waals surface area contributed by atoms with Crippen molar-refractivity contribution >= 4 is 5.91 Å². The number of ether oxygens (including phenoxy) is 2. The van der Waals surface area contributed by atoms with Crippen LogP contribution in [0.3, 0.4) is 0 Å². The number of methoxy groups -OCH3 is 1. The van der Waals surface area contributed by atoms with E-state index >= 15 is 0 Å². The Kier molecular flexibility index (Phi) is 4.95. The molecule has 3 aliphatic heterocycles. The molecule has 0 bridgehead atoms. The van der Waals surface area contributed by atoms with Crippen molar-refractivity contribution in [1.82, 2.24) is 9.80 Å². The summed E-state index contributed by atoms with van der Waals surface area (Å²) in [4.78, 5) is 17.5. The summed E-state index contributed by atoms with van der Waals surface area (Å²) in [6.45, 7) is 5.32. The van der Waals surface area contributed by atoms with Crippen LogP contribution in [0.1, 0.15) is 24.8 Å². The van der Waals surface area contributed by atoms with Gasteiger partial charge in [0.05, 0.1) is 19.1 Å². The molecule has 3 saturated heterocycles. The third-order valence-electron chi connectivity index (χ3n) is 5.97. The maximum Gasteiger partial charge on any atom is 0.227 e. The molecule has 25 heavy (non-hydrogen) atoms. The molecule has 0 unspecified atom stereocenters. The molecule has 136 valence electrons. The number of amides is 1. The Morgan fingerprint density at radius 2 is 1.96 bits per heavy atom. The number of nitrogens with zero attached hydrogens (tertiary/aromatic N) is 2. The monoisotopic (exact) mass is 344 g/mol. The normalized spacial score (nSPS) is 29.6. The van der Waals surface area contributed by atoms with E-state index in [4.69, 9.17) is 9.47 Å². The first-order valence-corrected chi connectivity index (χ1v) is 9.50. The molecule has 0 aromatic heterocycles. The fourth-order valence-corrected chi connectivity index (χ4v) is 4.61. The van der Waals surface area contributed by atoms with Crippen molar-refractivity contribution in [3.05, 3.63) is 29.8 Å². The lowest BCUT2D eigenvalue weighted by molar-refractivity contribution is -0.140. The fourth-order valence-electron chi connectivity index (χ4n) is 4.61. The Hall–Kier alpha value is -1.59. The van der Waals surface area contributed by atoms with Crippen LogP contribution in [0, 0.1) is 11.8 Å². The van der Waals surface area contributed by atoms with Crippen LogP contribution >= 0.6 is 0 Å². The Bertz CT molecular complexity index is 597. The Morgan fingerprint density at radius 1 is 1.20 bits per heavy atom. The van der Waals surface area contributed by atoms with E-state index in [-0.39, 0.29) is 12.0 Å². The minimum atomic E-state index is 0.0950. The van der Waals surface area contributed by atoms with Crippen molar-refractivity contribution in [3.8, 4) is 5.75 Å². The molecule has 5 nitrogen and oxygen atoms in total. The molecular weight excluding hydrogens is 316 g/mol. The number of hydrogen-bond acceptors (Lipinski definition) is 4. The molecule has 5 heteroatoms. The standard InChI is InChI=1S/C20H28N2O3/c1-24-16-6-4-15(5-7-16)12-21-13-18(17-8-11-25-19(17)14-21)20(23)22-9-2-3-10-22/h4-7,17-19H,2-3,8-14H2,1H3/t17-,18+,19+/m0/s1. The third kappa shape index (κ3) is 3.53. The zero-order valence-corrected chi connectivity index (χ0v) is 15.0. The van der Waals surface area contributed by atoms with Gasteiger partial charge in [-0.2, -0.15) is 0 Å². The van der Waals surface area contributed by atoms with Crippen LogP contribution in [-0.4, -0.2) is 61.7 Å². The van der Waals surface area contributed by atoms with Crippen LogP contribution in [0.25, 0.3) is 0 Å². The first-order valence-electron chi connectivity index (χ1n) is 9.50. The molecule has 0 spiro atoms. The van der Waals surface area contributed by atoms with Gasteiger partial charge in [-0.25, -0.2) is 0 Å². The quantitative estimate of drug-likeness (QED) is 0.839. The molecule has 0 N–H and O–H groups in total. The summed E-state index contributed by atoms with van der Waals surface area (Å²) < 4.78 is 11.2. The van der Waals surface area contributed by atoms with E-state index in [1.54, 1.807) is 7.11 Å². The summed E-state index contributed by atoms with van der Waals surface area (Å²) in [6, 6.07) is 8.22. The fraction of sp³-hybridized carbons (Fsp3) is 0.650. The number of rotatable bonds is 4. The van der Waals surface area contributed by atoms with E-state index in [2.05, 4.69) is 21.9 Å². The Balaban J connectivity index is 1.46. The molecule has 1 aromatic rings.